The second-order valence-corrected chi connectivity index (χ2v) is 9.34. The van der Waals surface area contributed by atoms with Gasteiger partial charge in [-0.05, 0) is 34.8 Å². The van der Waals surface area contributed by atoms with Crippen LogP contribution in [-0.2, 0) is 12.8 Å². The highest BCUT2D eigenvalue weighted by molar-refractivity contribution is 6.29. The van der Waals surface area contributed by atoms with Gasteiger partial charge in [-0.1, -0.05) is 64.1 Å². The Labute approximate surface area is 166 Å². The van der Waals surface area contributed by atoms with E-state index in [0.717, 1.165) is 11.1 Å². The van der Waals surface area contributed by atoms with Gasteiger partial charge in [-0.3, -0.25) is 9.59 Å². The number of carbonyl (C=O) groups is 2. The molecule has 4 nitrogen and oxygen atoms in total. The number of rotatable bonds is 6. The van der Waals surface area contributed by atoms with Crippen molar-refractivity contribution in [3.8, 4) is 0 Å². The predicted octanol–water partition coefficient (Wildman–Crippen LogP) is 3.58. The van der Waals surface area contributed by atoms with E-state index in [1.165, 1.54) is 0 Å². The van der Waals surface area contributed by atoms with Gasteiger partial charge in [0.1, 0.15) is 0 Å². The monoisotopic (exact) mass is 380 g/mol. The maximum absolute atomic E-state index is 13.4. The Bertz CT molecular complexity index is 860. The van der Waals surface area contributed by atoms with Gasteiger partial charge in [0.25, 0.3) is 0 Å². The van der Waals surface area contributed by atoms with Crippen LogP contribution in [0.3, 0.4) is 0 Å². The van der Waals surface area contributed by atoms with Crippen molar-refractivity contribution >= 4 is 11.6 Å². The highest BCUT2D eigenvalue weighted by Crippen LogP contribution is 2.35. The first-order chi connectivity index (χ1) is 13.1. The van der Waals surface area contributed by atoms with Crippen LogP contribution in [-0.4, -0.2) is 35.0 Å². The fourth-order valence-corrected chi connectivity index (χ4v) is 3.82. The molecule has 2 aromatic rings. The van der Waals surface area contributed by atoms with Crippen LogP contribution in [0.2, 0.25) is 0 Å². The molecule has 4 heteroatoms. The molecule has 2 aromatic carbocycles. The summed E-state index contributed by atoms with van der Waals surface area (Å²) in [5.74, 6) is -0.282. The molecule has 28 heavy (non-hydrogen) atoms. The number of aliphatic hydroxyl groups is 2. The third kappa shape index (κ3) is 3.67. The van der Waals surface area contributed by atoms with Crippen LogP contribution >= 0.6 is 0 Å². The van der Waals surface area contributed by atoms with Crippen molar-refractivity contribution in [2.75, 3.05) is 13.2 Å². The molecule has 0 fully saturated rings. The lowest BCUT2D eigenvalue weighted by Crippen LogP contribution is -2.28. The van der Waals surface area contributed by atoms with E-state index in [0.29, 0.717) is 35.1 Å². The van der Waals surface area contributed by atoms with Crippen LogP contribution in [0.5, 0.6) is 0 Å². The fourth-order valence-electron chi connectivity index (χ4n) is 3.82. The highest BCUT2D eigenvalue weighted by Gasteiger charge is 2.35. The Morgan fingerprint density at radius 3 is 1.36 bits per heavy atom. The molecule has 0 saturated heterocycles. The first kappa shape index (κ1) is 20.4. The van der Waals surface area contributed by atoms with Gasteiger partial charge in [-0.2, -0.15) is 0 Å². The summed E-state index contributed by atoms with van der Waals surface area (Å²) in [5, 5.41) is 19.3. The smallest absolute Gasteiger partial charge is 0.194 e. The van der Waals surface area contributed by atoms with Crippen LogP contribution in [0, 0.1) is 10.8 Å². The van der Waals surface area contributed by atoms with Crippen molar-refractivity contribution < 1.29 is 19.8 Å². The molecule has 2 N–H and O–H groups in total. The number of carbonyl (C=O) groups excluding carboxylic acids is 2. The Kier molecular flexibility index (Phi) is 5.30. The minimum absolute atomic E-state index is 0.00418. The van der Waals surface area contributed by atoms with Crippen LogP contribution in [0.15, 0.2) is 36.4 Å². The second kappa shape index (κ2) is 7.26. The summed E-state index contributed by atoms with van der Waals surface area (Å²) in [6.07, 6.45) is 1.02. The summed E-state index contributed by atoms with van der Waals surface area (Å²) in [5.41, 5.74) is 2.59. The van der Waals surface area contributed by atoms with Crippen LogP contribution in [0.25, 0.3) is 0 Å². The topological polar surface area (TPSA) is 74.6 Å². The molecule has 1 aliphatic rings. The summed E-state index contributed by atoms with van der Waals surface area (Å²) >= 11 is 0. The summed E-state index contributed by atoms with van der Waals surface area (Å²) in [6.45, 7) is 7.73. The number of benzene rings is 2. The lowest BCUT2D eigenvalue weighted by Gasteiger charge is -2.28. The zero-order chi connectivity index (χ0) is 20.7. The molecule has 0 aliphatic heterocycles. The summed E-state index contributed by atoms with van der Waals surface area (Å²) in [4.78, 5) is 26.7. The maximum Gasteiger partial charge on any atom is 0.194 e. The molecule has 0 bridgehead atoms. The Hall–Kier alpha value is -2.30. The molecule has 0 heterocycles. The molecule has 0 amide bonds. The molecule has 1 aliphatic carbocycles. The average molecular weight is 380 g/mol. The average Bonchev–Trinajstić information content (AvgIpc) is 2.65. The van der Waals surface area contributed by atoms with E-state index >= 15 is 0 Å². The van der Waals surface area contributed by atoms with Gasteiger partial charge in [-0.25, -0.2) is 0 Å². The number of ketones is 2. The minimum atomic E-state index is -0.383. The zero-order valence-electron chi connectivity index (χ0n) is 17.0. The van der Waals surface area contributed by atoms with Gasteiger partial charge < -0.3 is 10.2 Å². The summed E-state index contributed by atoms with van der Waals surface area (Å²) in [6, 6.07) is 10.8. The summed E-state index contributed by atoms with van der Waals surface area (Å²) < 4.78 is 0. The number of hydrogen-bond donors (Lipinski definition) is 2. The fraction of sp³-hybridized carbons (Fsp3) is 0.417. The standard InChI is InChI=1S/C24H28O4/c1-23(2,13-25)11-15-7-5-9-17-19(15)21(27)18-10-6-8-16(20(18)22(17)28)12-24(3,4)14-26/h5-10,25-26H,11-14H2,1-4H3. The lowest BCUT2D eigenvalue weighted by atomic mass is 9.75. The molecule has 0 spiro atoms. The highest BCUT2D eigenvalue weighted by atomic mass is 16.3. The minimum Gasteiger partial charge on any atom is -0.396 e. The molecular formula is C24H28O4. The van der Waals surface area contributed by atoms with Crippen molar-refractivity contribution in [2.45, 2.75) is 40.5 Å². The number of hydrogen-bond acceptors (Lipinski definition) is 4. The van der Waals surface area contributed by atoms with Crippen molar-refractivity contribution in [3.63, 3.8) is 0 Å². The number of aliphatic hydroxyl groups excluding tert-OH is 2. The predicted molar refractivity (Wildman–Crippen MR) is 109 cm³/mol. The van der Waals surface area contributed by atoms with Crippen molar-refractivity contribution in [1.29, 1.82) is 0 Å². The maximum atomic E-state index is 13.4. The van der Waals surface area contributed by atoms with Gasteiger partial charge in [0.15, 0.2) is 11.6 Å². The van der Waals surface area contributed by atoms with Gasteiger partial charge in [0.05, 0.1) is 0 Å². The number of fused-ring (bicyclic) bond motifs is 2. The van der Waals surface area contributed by atoms with E-state index in [9.17, 15) is 19.8 Å². The van der Waals surface area contributed by atoms with Crippen LogP contribution in [0.4, 0.5) is 0 Å². The van der Waals surface area contributed by atoms with Crippen molar-refractivity contribution in [2.24, 2.45) is 10.8 Å². The van der Waals surface area contributed by atoms with Gasteiger partial charge >= 0.3 is 0 Å². The SMILES string of the molecule is CC(C)(CO)Cc1cccc2c1C(=O)c1cccc(CC(C)(C)CO)c1C2=O. The molecule has 0 aromatic heterocycles. The second-order valence-electron chi connectivity index (χ2n) is 9.34. The Balaban J connectivity index is 2.14. The zero-order valence-corrected chi connectivity index (χ0v) is 17.0. The van der Waals surface area contributed by atoms with Gasteiger partial charge in [0.2, 0.25) is 0 Å². The van der Waals surface area contributed by atoms with Crippen molar-refractivity contribution in [3.05, 3.63) is 69.8 Å². The third-order valence-corrected chi connectivity index (χ3v) is 5.44. The first-order valence-corrected chi connectivity index (χ1v) is 9.65. The van der Waals surface area contributed by atoms with Gasteiger partial charge in [-0.15, -0.1) is 0 Å². The molecule has 0 saturated carbocycles. The molecular weight excluding hydrogens is 352 g/mol. The molecule has 3 rings (SSSR count). The largest absolute Gasteiger partial charge is 0.396 e. The molecule has 0 radical (unpaired) electrons. The van der Waals surface area contributed by atoms with E-state index in [1.807, 2.05) is 39.8 Å². The van der Waals surface area contributed by atoms with Crippen LogP contribution in [0.1, 0.15) is 70.7 Å². The Morgan fingerprint density at radius 2 is 1.04 bits per heavy atom. The van der Waals surface area contributed by atoms with Gasteiger partial charge in [0, 0.05) is 35.5 Å². The molecule has 148 valence electrons. The Morgan fingerprint density at radius 1 is 0.679 bits per heavy atom. The normalized spacial score (nSPS) is 14.1. The van der Waals surface area contributed by atoms with E-state index in [4.69, 9.17) is 0 Å². The van der Waals surface area contributed by atoms with E-state index in [1.54, 1.807) is 24.3 Å². The van der Waals surface area contributed by atoms with E-state index in [-0.39, 0.29) is 35.6 Å². The third-order valence-electron chi connectivity index (χ3n) is 5.44. The van der Waals surface area contributed by atoms with E-state index in [2.05, 4.69) is 0 Å². The van der Waals surface area contributed by atoms with Crippen LogP contribution < -0.4 is 0 Å². The molecule has 0 atom stereocenters. The summed E-state index contributed by atoms with van der Waals surface area (Å²) in [7, 11) is 0. The van der Waals surface area contributed by atoms with E-state index < -0.39 is 0 Å². The first-order valence-electron chi connectivity index (χ1n) is 9.65. The molecule has 0 unspecified atom stereocenters. The lowest BCUT2D eigenvalue weighted by molar-refractivity contribution is 0.0974. The van der Waals surface area contributed by atoms with Crippen molar-refractivity contribution in [1.82, 2.24) is 0 Å². The quantitative estimate of drug-likeness (QED) is 0.685.